The van der Waals surface area contributed by atoms with Gasteiger partial charge in [0.25, 0.3) is 0 Å². The van der Waals surface area contributed by atoms with Gasteiger partial charge in [-0.2, -0.15) is 0 Å². The van der Waals surface area contributed by atoms with Crippen molar-refractivity contribution in [2.75, 3.05) is 11.9 Å². The first kappa shape index (κ1) is 15.2. The molecule has 0 bridgehead atoms. The number of nitrogens with one attached hydrogen (secondary N) is 1. The quantitative estimate of drug-likeness (QED) is 0.823. The van der Waals surface area contributed by atoms with Gasteiger partial charge in [0.05, 0.1) is 11.8 Å². The number of anilines is 1. The first-order valence-electron chi connectivity index (χ1n) is 6.95. The van der Waals surface area contributed by atoms with E-state index in [2.05, 4.69) is 12.2 Å². The highest BCUT2D eigenvalue weighted by atomic mass is 19.2. The van der Waals surface area contributed by atoms with Gasteiger partial charge in [-0.3, -0.25) is 0 Å². The maximum absolute atomic E-state index is 13.7. The zero-order valence-electron chi connectivity index (χ0n) is 12.0. The van der Waals surface area contributed by atoms with E-state index >= 15 is 0 Å². The molecule has 1 fully saturated rings. The van der Waals surface area contributed by atoms with E-state index in [1.54, 1.807) is 0 Å². The molecular formula is C15H20F3NO. The average molecular weight is 287 g/mol. The molecule has 0 aliphatic heterocycles. The fourth-order valence-corrected chi connectivity index (χ4v) is 2.80. The summed E-state index contributed by atoms with van der Waals surface area (Å²) in [5, 5.41) is 2.98. The van der Waals surface area contributed by atoms with Crippen LogP contribution in [-0.4, -0.2) is 18.8 Å². The molecule has 0 saturated heterocycles. The lowest BCUT2D eigenvalue weighted by Crippen LogP contribution is -2.59. The smallest absolute Gasteiger partial charge is 0.196 e. The van der Waals surface area contributed by atoms with Crippen LogP contribution in [0.4, 0.5) is 18.9 Å². The van der Waals surface area contributed by atoms with E-state index in [9.17, 15) is 13.2 Å². The maximum atomic E-state index is 13.7. The van der Waals surface area contributed by atoms with Crippen molar-refractivity contribution < 1.29 is 17.9 Å². The number of hydrogen-bond acceptors (Lipinski definition) is 2. The standard InChI is InChI=1S/C15H20F3NO/c1-4-15(3)11(8-12(15)20-5-2)19-10-7-6-9(16)13(17)14(10)18/h6-7,11-12,19H,4-5,8H2,1-3H3. The van der Waals surface area contributed by atoms with Crippen molar-refractivity contribution in [1.29, 1.82) is 0 Å². The molecule has 3 atom stereocenters. The van der Waals surface area contributed by atoms with E-state index in [4.69, 9.17) is 4.74 Å². The fraction of sp³-hybridized carbons (Fsp3) is 0.600. The van der Waals surface area contributed by atoms with Crippen LogP contribution in [0.5, 0.6) is 0 Å². The first-order valence-corrected chi connectivity index (χ1v) is 6.95. The highest BCUT2D eigenvalue weighted by Crippen LogP contribution is 2.47. The first-order chi connectivity index (χ1) is 9.43. The van der Waals surface area contributed by atoms with Crippen LogP contribution in [0, 0.1) is 22.9 Å². The third-order valence-electron chi connectivity index (χ3n) is 4.48. The molecule has 0 spiro atoms. The second-order valence-electron chi connectivity index (χ2n) is 5.46. The summed E-state index contributed by atoms with van der Waals surface area (Å²) in [7, 11) is 0. The lowest BCUT2D eigenvalue weighted by molar-refractivity contribution is -0.109. The highest BCUT2D eigenvalue weighted by molar-refractivity contribution is 5.47. The van der Waals surface area contributed by atoms with Crippen molar-refractivity contribution in [1.82, 2.24) is 0 Å². The van der Waals surface area contributed by atoms with Gasteiger partial charge in [-0.25, -0.2) is 13.2 Å². The lowest BCUT2D eigenvalue weighted by atomic mass is 9.61. The van der Waals surface area contributed by atoms with Crippen molar-refractivity contribution in [3.05, 3.63) is 29.6 Å². The van der Waals surface area contributed by atoms with Gasteiger partial charge in [0.1, 0.15) is 0 Å². The fourth-order valence-electron chi connectivity index (χ4n) is 2.80. The zero-order chi connectivity index (χ0) is 14.9. The Bertz CT molecular complexity index is 494. The maximum Gasteiger partial charge on any atom is 0.196 e. The minimum absolute atomic E-state index is 0.00326. The van der Waals surface area contributed by atoms with Gasteiger partial charge in [0.2, 0.25) is 0 Å². The molecule has 3 unspecified atom stereocenters. The van der Waals surface area contributed by atoms with E-state index in [-0.39, 0.29) is 23.2 Å². The van der Waals surface area contributed by atoms with Crippen molar-refractivity contribution in [3.8, 4) is 0 Å². The van der Waals surface area contributed by atoms with Crippen LogP contribution < -0.4 is 5.32 Å². The molecule has 1 aromatic carbocycles. The van der Waals surface area contributed by atoms with Gasteiger partial charge >= 0.3 is 0 Å². The predicted molar refractivity (Wildman–Crippen MR) is 72.2 cm³/mol. The average Bonchev–Trinajstić information content (AvgIpc) is 2.45. The SMILES string of the molecule is CCOC1CC(Nc2ccc(F)c(F)c2F)C1(C)CC. The van der Waals surface area contributed by atoms with E-state index in [1.807, 2.05) is 13.8 Å². The molecule has 1 aromatic rings. The molecule has 1 N–H and O–H groups in total. The largest absolute Gasteiger partial charge is 0.379 e. The molecule has 5 heteroatoms. The zero-order valence-corrected chi connectivity index (χ0v) is 12.0. The molecule has 1 aliphatic carbocycles. The molecule has 20 heavy (non-hydrogen) atoms. The Labute approximate surface area is 117 Å². The summed E-state index contributed by atoms with van der Waals surface area (Å²) in [6, 6.07) is 2.16. The summed E-state index contributed by atoms with van der Waals surface area (Å²) >= 11 is 0. The number of hydrogen-bond donors (Lipinski definition) is 1. The summed E-state index contributed by atoms with van der Waals surface area (Å²) in [5.74, 6) is -3.77. The Morgan fingerprint density at radius 1 is 1.25 bits per heavy atom. The molecule has 1 saturated carbocycles. The van der Waals surface area contributed by atoms with Gasteiger partial charge < -0.3 is 10.1 Å². The molecular weight excluding hydrogens is 267 g/mol. The molecule has 112 valence electrons. The summed E-state index contributed by atoms with van der Waals surface area (Å²) < 4.78 is 45.5. The third-order valence-corrected chi connectivity index (χ3v) is 4.48. The number of benzene rings is 1. The van der Waals surface area contributed by atoms with Gasteiger partial charge in [0, 0.05) is 18.1 Å². The molecule has 0 amide bonds. The van der Waals surface area contributed by atoms with Crippen LogP contribution >= 0.6 is 0 Å². The Hall–Kier alpha value is -1.23. The number of rotatable bonds is 5. The summed E-state index contributed by atoms with van der Waals surface area (Å²) in [6.07, 6.45) is 1.71. The molecule has 1 aliphatic rings. The lowest BCUT2D eigenvalue weighted by Gasteiger charge is -2.53. The van der Waals surface area contributed by atoms with Gasteiger partial charge in [0.15, 0.2) is 17.5 Å². The van der Waals surface area contributed by atoms with Crippen LogP contribution in [-0.2, 0) is 4.74 Å². The topological polar surface area (TPSA) is 21.3 Å². The Morgan fingerprint density at radius 2 is 1.95 bits per heavy atom. The van der Waals surface area contributed by atoms with E-state index < -0.39 is 17.5 Å². The molecule has 0 heterocycles. The Balaban J connectivity index is 2.14. The van der Waals surface area contributed by atoms with Crippen molar-refractivity contribution >= 4 is 5.69 Å². The number of halogens is 3. The highest BCUT2D eigenvalue weighted by Gasteiger charge is 2.51. The van der Waals surface area contributed by atoms with Crippen LogP contribution in [0.25, 0.3) is 0 Å². The normalized spacial score (nSPS) is 29.1. The van der Waals surface area contributed by atoms with E-state index in [1.165, 1.54) is 6.07 Å². The monoisotopic (exact) mass is 287 g/mol. The van der Waals surface area contributed by atoms with Crippen molar-refractivity contribution in [2.45, 2.75) is 45.8 Å². The Morgan fingerprint density at radius 3 is 2.55 bits per heavy atom. The summed E-state index contributed by atoms with van der Waals surface area (Å²) in [4.78, 5) is 0. The van der Waals surface area contributed by atoms with Gasteiger partial charge in [-0.05, 0) is 31.9 Å². The third kappa shape index (κ3) is 2.39. The molecule has 0 aromatic heterocycles. The molecule has 2 rings (SSSR count). The second kappa shape index (κ2) is 5.64. The molecule has 2 nitrogen and oxygen atoms in total. The van der Waals surface area contributed by atoms with Crippen molar-refractivity contribution in [2.24, 2.45) is 5.41 Å². The van der Waals surface area contributed by atoms with Gasteiger partial charge in [-0.15, -0.1) is 0 Å². The second-order valence-corrected chi connectivity index (χ2v) is 5.46. The van der Waals surface area contributed by atoms with E-state index in [0.29, 0.717) is 6.61 Å². The summed E-state index contributed by atoms with van der Waals surface area (Å²) in [6.45, 7) is 6.67. The van der Waals surface area contributed by atoms with Crippen LogP contribution in [0.3, 0.4) is 0 Å². The van der Waals surface area contributed by atoms with Crippen molar-refractivity contribution in [3.63, 3.8) is 0 Å². The van der Waals surface area contributed by atoms with Crippen LogP contribution in [0.15, 0.2) is 12.1 Å². The van der Waals surface area contributed by atoms with Gasteiger partial charge in [-0.1, -0.05) is 13.8 Å². The minimum Gasteiger partial charge on any atom is -0.379 e. The minimum atomic E-state index is -1.44. The van der Waals surface area contributed by atoms with Crippen LogP contribution in [0.1, 0.15) is 33.6 Å². The van der Waals surface area contributed by atoms with Crippen LogP contribution in [0.2, 0.25) is 0 Å². The number of ether oxygens (including phenoxy) is 1. The summed E-state index contributed by atoms with van der Waals surface area (Å²) in [5.41, 5.74) is -0.128. The Kier molecular flexibility index (Phi) is 4.28. The predicted octanol–water partition coefficient (Wildman–Crippen LogP) is 4.11. The van der Waals surface area contributed by atoms with E-state index in [0.717, 1.165) is 18.9 Å². The molecule has 0 radical (unpaired) electrons.